The van der Waals surface area contributed by atoms with Crippen LogP contribution >= 0.6 is 0 Å². The van der Waals surface area contributed by atoms with E-state index in [4.69, 9.17) is 4.74 Å². The Kier molecular flexibility index (Phi) is 7.56. The highest BCUT2D eigenvalue weighted by molar-refractivity contribution is 5.95. The molecular formula is C33H41N5O5. The number of aromatic nitrogens is 1. The first-order chi connectivity index (χ1) is 20.2. The van der Waals surface area contributed by atoms with E-state index in [0.717, 1.165) is 31.2 Å². The molecule has 8 rings (SSSR count). The third kappa shape index (κ3) is 4.91. The second kappa shape index (κ2) is 11.1. The van der Waals surface area contributed by atoms with Crippen molar-refractivity contribution in [2.45, 2.75) is 69.5 Å². The maximum Gasteiger partial charge on any atom is 0.278 e. The Morgan fingerprint density at radius 2 is 1.86 bits per heavy atom. The van der Waals surface area contributed by atoms with Crippen LogP contribution in [-0.2, 0) is 25.5 Å². The van der Waals surface area contributed by atoms with Crippen LogP contribution in [0.2, 0.25) is 0 Å². The third-order valence-corrected chi connectivity index (χ3v) is 9.99. The Hall–Kier alpha value is -3.73. The molecule has 6 atom stereocenters. The van der Waals surface area contributed by atoms with E-state index in [2.05, 4.69) is 65.7 Å². The van der Waals surface area contributed by atoms with E-state index in [-0.39, 0.29) is 47.6 Å². The molecule has 10 nitrogen and oxygen atoms in total. The van der Waals surface area contributed by atoms with Crippen LogP contribution in [0, 0.1) is 12.8 Å². The highest BCUT2D eigenvalue weighted by Gasteiger charge is 2.58. The van der Waals surface area contributed by atoms with Crippen LogP contribution in [0.15, 0.2) is 54.7 Å². The van der Waals surface area contributed by atoms with Gasteiger partial charge in [0.05, 0.1) is 12.0 Å². The number of aromatic amines is 1. The summed E-state index contributed by atoms with van der Waals surface area (Å²) in [7, 11) is 2.09. The molecule has 228 valence electrons. The summed E-state index contributed by atoms with van der Waals surface area (Å²) in [6.45, 7) is 5.08. The van der Waals surface area contributed by atoms with E-state index in [0.29, 0.717) is 19.1 Å². The second-order valence-corrected chi connectivity index (χ2v) is 12.7. The number of likely N-dealkylation sites (tertiary alicyclic amines) is 1. The SMILES string of the molecule is CN1C[C@H](C(=O)N[C@]2(C)OC3[C@@H]4CCCN4C(=O)CN3C2=O)CC2c3cccc4[nH]cc(c34)C[C@H]21.Cc1ccccc1.O. The van der Waals surface area contributed by atoms with Crippen LogP contribution in [-0.4, -0.2) is 93.6 Å². The summed E-state index contributed by atoms with van der Waals surface area (Å²) in [5.74, 6) is -0.523. The maximum atomic E-state index is 13.6. The minimum atomic E-state index is -1.45. The Morgan fingerprint density at radius 3 is 2.60 bits per heavy atom. The van der Waals surface area contributed by atoms with Gasteiger partial charge >= 0.3 is 0 Å². The fourth-order valence-electron chi connectivity index (χ4n) is 7.91. The van der Waals surface area contributed by atoms with Gasteiger partial charge in [-0.15, -0.1) is 0 Å². The van der Waals surface area contributed by atoms with Gasteiger partial charge in [-0.1, -0.05) is 48.0 Å². The lowest BCUT2D eigenvalue weighted by Crippen LogP contribution is -2.59. The molecule has 2 aromatic carbocycles. The third-order valence-electron chi connectivity index (χ3n) is 9.99. The van der Waals surface area contributed by atoms with Gasteiger partial charge in [0, 0.05) is 42.1 Å². The molecule has 43 heavy (non-hydrogen) atoms. The molecule has 4 fully saturated rings. The molecule has 0 saturated carbocycles. The second-order valence-electron chi connectivity index (χ2n) is 12.7. The summed E-state index contributed by atoms with van der Waals surface area (Å²) in [5, 5.41) is 4.26. The highest BCUT2D eigenvalue weighted by atomic mass is 16.6. The Morgan fingerprint density at radius 1 is 1.07 bits per heavy atom. The van der Waals surface area contributed by atoms with Crippen LogP contribution in [0.5, 0.6) is 0 Å². The van der Waals surface area contributed by atoms with E-state index in [9.17, 15) is 14.4 Å². The number of piperazine rings is 1. The van der Waals surface area contributed by atoms with Crippen molar-refractivity contribution < 1.29 is 24.6 Å². The zero-order chi connectivity index (χ0) is 29.2. The molecule has 0 spiro atoms. The minimum Gasteiger partial charge on any atom is -0.412 e. The number of H-pyrrole nitrogens is 1. The number of aryl methyl sites for hydroxylation is 1. The average molecular weight is 588 g/mol. The first-order valence-corrected chi connectivity index (χ1v) is 15.1. The number of ether oxygens (including phenoxy) is 1. The van der Waals surface area contributed by atoms with Crippen LogP contribution in [0.1, 0.15) is 48.8 Å². The summed E-state index contributed by atoms with van der Waals surface area (Å²) < 4.78 is 6.24. The van der Waals surface area contributed by atoms with Gasteiger partial charge in [-0.3, -0.25) is 14.4 Å². The molecule has 4 N–H and O–H groups in total. The standard InChI is InChI=1S/C26H31N5O4.C7H8.H2O/c1-26(25(34)31-13-21(32)30-8-4-7-19(30)24(31)35-26)28-23(33)15-9-17-16-5-3-6-18-22(16)14(11-27-18)10-20(17)29(2)12-15;1-7-5-3-2-4-6-7;/h3,5-6,11,15,17,19-20,24,27H,4,7-10,12-13H2,1-2H3,(H,28,33);2-6H,1H3;1H2/t15-,17?,19+,20-,24?,26-;;/m1../s1. The molecule has 3 aromatic rings. The normalized spacial score (nSPS) is 31.0. The van der Waals surface area contributed by atoms with Gasteiger partial charge < -0.3 is 35.2 Å². The number of hydrogen-bond donors (Lipinski definition) is 2. The van der Waals surface area contributed by atoms with E-state index in [1.54, 1.807) is 6.92 Å². The Bertz CT molecular complexity index is 1540. The predicted octanol–water partition coefficient (Wildman–Crippen LogP) is 2.32. The number of rotatable bonds is 2. The van der Waals surface area contributed by atoms with Gasteiger partial charge in [0.2, 0.25) is 17.5 Å². The van der Waals surface area contributed by atoms with Gasteiger partial charge in [-0.05, 0) is 63.8 Å². The van der Waals surface area contributed by atoms with Crippen LogP contribution < -0.4 is 5.32 Å². The number of nitrogens with one attached hydrogen (secondary N) is 2. The molecular weight excluding hydrogens is 546 g/mol. The number of hydrogen-bond acceptors (Lipinski definition) is 5. The first-order valence-electron chi connectivity index (χ1n) is 15.1. The number of piperidine rings is 1. The van der Waals surface area contributed by atoms with Crippen LogP contribution in [0.4, 0.5) is 0 Å². The van der Waals surface area contributed by atoms with E-state index >= 15 is 0 Å². The number of benzene rings is 2. The van der Waals surface area contributed by atoms with Crippen molar-refractivity contribution in [3.05, 3.63) is 71.4 Å². The van der Waals surface area contributed by atoms with Crippen LogP contribution in [0.25, 0.3) is 10.9 Å². The number of fused-ring (bicyclic) bond motifs is 5. The molecule has 0 radical (unpaired) electrons. The average Bonchev–Trinajstić information content (AvgIpc) is 3.69. The summed E-state index contributed by atoms with van der Waals surface area (Å²) in [5.41, 5.74) is 3.67. The lowest BCUT2D eigenvalue weighted by Gasteiger charge is -2.45. The quantitative estimate of drug-likeness (QED) is 0.476. The molecule has 5 aliphatic rings. The number of likely N-dealkylation sites (N-methyl/N-ethyl adjacent to an activating group) is 1. The molecule has 1 aliphatic carbocycles. The lowest BCUT2D eigenvalue weighted by atomic mass is 9.72. The van der Waals surface area contributed by atoms with Crippen molar-refractivity contribution in [3.8, 4) is 0 Å². The maximum absolute atomic E-state index is 13.6. The smallest absolute Gasteiger partial charge is 0.278 e. The number of amides is 3. The fraction of sp³-hybridized carbons (Fsp3) is 0.485. The van der Waals surface area contributed by atoms with E-state index in [1.165, 1.54) is 27.0 Å². The summed E-state index contributed by atoms with van der Waals surface area (Å²) in [4.78, 5) is 48.5. The number of carbonyl (C=O) groups excluding carboxylic acids is 3. The van der Waals surface area contributed by atoms with Crippen molar-refractivity contribution in [2.24, 2.45) is 5.92 Å². The van der Waals surface area contributed by atoms with Crippen molar-refractivity contribution >= 4 is 28.6 Å². The molecule has 4 aliphatic heterocycles. The largest absolute Gasteiger partial charge is 0.412 e. The Balaban J connectivity index is 0.000000365. The number of nitrogens with zero attached hydrogens (tertiary/aromatic N) is 3. The van der Waals surface area contributed by atoms with Gasteiger partial charge in [0.25, 0.3) is 5.91 Å². The Labute approximate surface area is 251 Å². The fourth-order valence-corrected chi connectivity index (χ4v) is 7.91. The predicted molar refractivity (Wildman–Crippen MR) is 162 cm³/mol. The molecule has 4 saturated heterocycles. The zero-order valence-corrected chi connectivity index (χ0v) is 25.0. The molecule has 2 unspecified atom stereocenters. The number of carbonyl (C=O) groups is 3. The molecule has 10 heteroatoms. The lowest BCUT2D eigenvalue weighted by molar-refractivity contribution is -0.157. The first kappa shape index (κ1) is 29.3. The summed E-state index contributed by atoms with van der Waals surface area (Å²) in [6, 6.07) is 16.9. The van der Waals surface area contributed by atoms with Crippen LogP contribution in [0.3, 0.4) is 0 Å². The van der Waals surface area contributed by atoms with E-state index < -0.39 is 12.0 Å². The van der Waals surface area contributed by atoms with Gasteiger partial charge in [-0.25, -0.2) is 0 Å². The van der Waals surface area contributed by atoms with Crippen molar-refractivity contribution in [3.63, 3.8) is 0 Å². The molecule has 3 amide bonds. The monoisotopic (exact) mass is 587 g/mol. The van der Waals surface area contributed by atoms with Crippen molar-refractivity contribution in [1.82, 2.24) is 25.0 Å². The highest BCUT2D eigenvalue weighted by Crippen LogP contribution is 2.45. The van der Waals surface area contributed by atoms with Gasteiger partial charge in [0.15, 0.2) is 6.23 Å². The van der Waals surface area contributed by atoms with Crippen molar-refractivity contribution in [1.29, 1.82) is 0 Å². The van der Waals surface area contributed by atoms with Gasteiger partial charge in [-0.2, -0.15) is 0 Å². The summed E-state index contributed by atoms with van der Waals surface area (Å²) >= 11 is 0. The summed E-state index contributed by atoms with van der Waals surface area (Å²) in [6.07, 6.45) is 5.05. The molecule has 5 heterocycles. The van der Waals surface area contributed by atoms with Gasteiger partial charge in [0.1, 0.15) is 6.54 Å². The van der Waals surface area contributed by atoms with E-state index in [1.807, 2.05) is 23.1 Å². The zero-order valence-electron chi connectivity index (χ0n) is 25.0. The molecule has 1 aromatic heterocycles. The topological polar surface area (TPSA) is 129 Å². The molecule has 0 bridgehead atoms. The minimum absolute atomic E-state index is 0. The van der Waals surface area contributed by atoms with Crippen molar-refractivity contribution in [2.75, 3.05) is 26.7 Å².